The first-order valence-corrected chi connectivity index (χ1v) is 12.5. The number of nitrogens with zero attached hydrogens (tertiary/aromatic N) is 5. The van der Waals surface area contributed by atoms with Crippen LogP contribution < -0.4 is 20.6 Å². The first-order valence-electron chi connectivity index (χ1n) is 11.7. The second-order valence-electron chi connectivity index (χ2n) is 8.50. The van der Waals surface area contributed by atoms with Gasteiger partial charge in [-0.25, -0.2) is 4.98 Å². The summed E-state index contributed by atoms with van der Waals surface area (Å²) in [6, 6.07) is 15.0. The third-order valence-electron chi connectivity index (χ3n) is 6.43. The van der Waals surface area contributed by atoms with Crippen LogP contribution in [-0.2, 0) is 0 Å². The molecule has 1 aliphatic rings. The van der Waals surface area contributed by atoms with E-state index in [4.69, 9.17) is 28.0 Å². The summed E-state index contributed by atoms with van der Waals surface area (Å²) in [5.74, 6) is 0.348. The number of hydrogen-bond acceptors (Lipinski definition) is 7. The molecule has 2 aromatic heterocycles. The van der Waals surface area contributed by atoms with Crippen LogP contribution in [0.2, 0.25) is 10.0 Å². The molecule has 0 radical (unpaired) electrons. The molecular formula is C26H26Cl2N6O2. The van der Waals surface area contributed by atoms with Gasteiger partial charge in [-0.3, -0.25) is 4.79 Å². The Labute approximate surface area is 219 Å². The van der Waals surface area contributed by atoms with E-state index in [1.807, 2.05) is 12.1 Å². The van der Waals surface area contributed by atoms with E-state index >= 15 is 0 Å². The van der Waals surface area contributed by atoms with E-state index in [1.165, 1.54) is 12.8 Å². The van der Waals surface area contributed by atoms with Crippen LogP contribution in [0.1, 0.15) is 6.92 Å². The van der Waals surface area contributed by atoms with Crippen LogP contribution in [0.15, 0.2) is 59.5 Å². The minimum Gasteiger partial charge on any atom is -0.412 e. The number of piperazine rings is 1. The average Bonchev–Trinajstić information content (AvgIpc) is 2.89. The van der Waals surface area contributed by atoms with Crippen LogP contribution in [0.5, 0.6) is 0 Å². The minimum atomic E-state index is -0.419. The van der Waals surface area contributed by atoms with E-state index in [9.17, 15) is 4.79 Å². The highest BCUT2D eigenvalue weighted by Crippen LogP contribution is 2.34. The predicted octanol–water partition coefficient (Wildman–Crippen LogP) is 4.71. The summed E-state index contributed by atoms with van der Waals surface area (Å²) in [4.78, 5) is 32.5. The van der Waals surface area contributed by atoms with Gasteiger partial charge in [-0.1, -0.05) is 36.2 Å². The molecule has 2 aromatic carbocycles. The Morgan fingerprint density at radius 3 is 2.36 bits per heavy atom. The van der Waals surface area contributed by atoms with Gasteiger partial charge in [0.15, 0.2) is 5.65 Å². The fourth-order valence-corrected chi connectivity index (χ4v) is 5.04. The van der Waals surface area contributed by atoms with Crippen LogP contribution in [-0.4, -0.2) is 59.4 Å². The fourth-order valence-electron chi connectivity index (χ4n) is 4.44. The van der Waals surface area contributed by atoms with Crippen molar-refractivity contribution in [3.05, 3.63) is 75.1 Å². The fraction of sp³-hybridized carbons (Fsp3) is 0.269. The van der Waals surface area contributed by atoms with Crippen molar-refractivity contribution in [1.82, 2.24) is 19.6 Å². The number of aromatic nitrogens is 3. The summed E-state index contributed by atoms with van der Waals surface area (Å²) >= 11 is 12.7. The number of pyridine rings is 1. The van der Waals surface area contributed by atoms with E-state index < -0.39 is 5.56 Å². The number of benzene rings is 2. The Bertz CT molecular complexity index is 1430. The molecule has 36 heavy (non-hydrogen) atoms. The maximum Gasteiger partial charge on any atom is 0.293 e. The molecule has 0 bridgehead atoms. The van der Waals surface area contributed by atoms with E-state index in [0.29, 0.717) is 38.2 Å². The second-order valence-corrected chi connectivity index (χ2v) is 9.32. The average molecular weight is 525 g/mol. The van der Waals surface area contributed by atoms with Gasteiger partial charge >= 0.3 is 0 Å². The molecule has 10 heteroatoms. The topological polar surface area (TPSA) is 75.5 Å². The maximum atomic E-state index is 13.2. The lowest BCUT2D eigenvalue weighted by molar-refractivity contribution is 0.168. The zero-order chi connectivity index (χ0) is 25.2. The van der Waals surface area contributed by atoms with Gasteiger partial charge in [0.25, 0.3) is 5.56 Å². The summed E-state index contributed by atoms with van der Waals surface area (Å²) in [6.07, 6.45) is 1.63. The number of hydrogen-bond donors (Lipinski definition) is 1. The van der Waals surface area contributed by atoms with E-state index in [1.54, 1.807) is 30.5 Å². The number of fused-ring (bicyclic) bond motifs is 1. The molecular weight excluding hydrogens is 499 g/mol. The lowest BCUT2D eigenvalue weighted by atomic mass is 10.1. The molecule has 1 saturated heterocycles. The van der Waals surface area contributed by atoms with Crippen molar-refractivity contribution in [2.45, 2.75) is 6.92 Å². The highest BCUT2D eigenvalue weighted by Gasteiger charge is 2.19. The van der Waals surface area contributed by atoms with Crippen LogP contribution >= 0.6 is 23.2 Å². The van der Waals surface area contributed by atoms with Gasteiger partial charge in [-0.15, -0.1) is 4.73 Å². The first kappa shape index (κ1) is 24.4. The maximum absolute atomic E-state index is 13.2. The van der Waals surface area contributed by atoms with Gasteiger partial charge in [-0.2, -0.15) is 4.98 Å². The standard InChI is InChI=1S/C26H26Cl2N6O2/c1-3-32-11-13-33(14-12-32)19-9-7-18(8-10-19)30-26-29-16-17-15-20(23-21(27)5-4-6-22(23)28)25(35)34(36-2)24(17)31-26/h4-10,15-16H,3,11-14H2,1-2H3,(H,29,30,31). The minimum absolute atomic E-state index is 0.305. The van der Waals surface area contributed by atoms with E-state index in [-0.39, 0.29) is 0 Å². The van der Waals surface area contributed by atoms with Crippen molar-refractivity contribution in [2.24, 2.45) is 0 Å². The lowest BCUT2D eigenvalue weighted by Crippen LogP contribution is -2.46. The third-order valence-corrected chi connectivity index (χ3v) is 7.06. The summed E-state index contributed by atoms with van der Waals surface area (Å²) in [5.41, 5.74) is 2.69. The number of halogens is 2. The van der Waals surface area contributed by atoms with Crippen LogP contribution in [0, 0.1) is 0 Å². The Morgan fingerprint density at radius 1 is 1.03 bits per heavy atom. The SMILES string of the molecule is CCN1CCN(c2ccc(Nc3ncc4cc(-c5c(Cl)cccc5Cl)c(=O)n(OC)c4n3)cc2)CC1. The number of anilines is 3. The molecule has 1 N–H and O–H groups in total. The number of nitrogens with one attached hydrogen (secondary N) is 1. The van der Waals surface area contributed by atoms with Gasteiger partial charge in [0.2, 0.25) is 5.95 Å². The zero-order valence-corrected chi connectivity index (χ0v) is 21.6. The first-order chi connectivity index (χ1) is 17.5. The molecule has 0 amide bonds. The van der Waals surface area contributed by atoms with Crippen molar-refractivity contribution in [1.29, 1.82) is 0 Å². The van der Waals surface area contributed by atoms with Crippen LogP contribution in [0.25, 0.3) is 22.2 Å². The van der Waals surface area contributed by atoms with Crippen molar-refractivity contribution < 1.29 is 4.84 Å². The molecule has 8 nitrogen and oxygen atoms in total. The highest BCUT2D eigenvalue weighted by molar-refractivity contribution is 6.39. The van der Waals surface area contributed by atoms with Gasteiger partial charge in [0.05, 0.1) is 15.6 Å². The van der Waals surface area contributed by atoms with Crippen molar-refractivity contribution in [2.75, 3.05) is 50.1 Å². The Morgan fingerprint density at radius 2 is 1.72 bits per heavy atom. The number of rotatable bonds is 6. The molecule has 186 valence electrons. The highest BCUT2D eigenvalue weighted by atomic mass is 35.5. The molecule has 1 aliphatic heterocycles. The molecule has 4 aromatic rings. The molecule has 0 aliphatic carbocycles. The quantitative estimate of drug-likeness (QED) is 0.391. The Kier molecular flexibility index (Phi) is 7.00. The van der Waals surface area contributed by atoms with Gasteiger partial charge < -0.3 is 20.0 Å². The van der Waals surface area contributed by atoms with E-state index in [0.717, 1.165) is 43.1 Å². The molecule has 0 saturated carbocycles. The number of likely N-dealkylation sites (N-methyl/N-ethyl adjacent to an activating group) is 1. The van der Waals surface area contributed by atoms with Crippen molar-refractivity contribution >= 4 is 51.6 Å². The van der Waals surface area contributed by atoms with Gasteiger partial charge in [0, 0.05) is 54.7 Å². The van der Waals surface area contributed by atoms with Crippen LogP contribution in [0.4, 0.5) is 17.3 Å². The molecule has 0 spiro atoms. The normalized spacial score (nSPS) is 14.3. The molecule has 3 heterocycles. The largest absolute Gasteiger partial charge is 0.412 e. The lowest BCUT2D eigenvalue weighted by Gasteiger charge is -2.35. The summed E-state index contributed by atoms with van der Waals surface area (Å²) in [6.45, 7) is 7.48. The third kappa shape index (κ3) is 4.72. The summed E-state index contributed by atoms with van der Waals surface area (Å²) < 4.78 is 1.12. The molecule has 1 fully saturated rings. The van der Waals surface area contributed by atoms with Crippen molar-refractivity contribution in [3.63, 3.8) is 0 Å². The molecule has 5 rings (SSSR count). The summed E-state index contributed by atoms with van der Waals surface area (Å²) in [7, 11) is 1.41. The van der Waals surface area contributed by atoms with E-state index in [2.05, 4.69) is 44.1 Å². The molecule has 0 unspecified atom stereocenters. The molecule has 0 atom stereocenters. The Hall–Kier alpha value is -3.33. The predicted molar refractivity (Wildman–Crippen MR) is 146 cm³/mol. The zero-order valence-electron chi connectivity index (χ0n) is 20.0. The Balaban J connectivity index is 1.42. The second kappa shape index (κ2) is 10.3. The van der Waals surface area contributed by atoms with Crippen molar-refractivity contribution in [3.8, 4) is 11.1 Å². The summed E-state index contributed by atoms with van der Waals surface area (Å²) in [5, 5.41) is 4.57. The monoisotopic (exact) mass is 524 g/mol. The van der Waals surface area contributed by atoms with Gasteiger partial charge in [0.1, 0.15) is 7.11 Å². The van der Waals surface area contributed by atoms with Crippen LogP contribution in [0.3, 0.4) is 0 Å². The smallest absolute Gasteiger partial charge is 0.293 e. The van der Waals surface area contributed by atoms with Gasteiger partial charge in [-0.05, 0) is 49.0 Å².